The third-order valence-corrected chi connectivity index (χ3v) is 4.71. The molecule has 0 atom stereocenters. The summed E-state index contributed by atoms with van der Waals surface area (Å²) in [6.45, 7) is 0. The predicted molar refractivity (Wildman–Crippen MR) is 114 cm³/mol. The van der Waals surface area contributed by atoms with Crippen molar-refractivity contribution in [3.8, 4) is 11.3 Å². The van der Waals surface area contributed by atoms with Gasteiger partial charge in [-0.2, -0.15) is 0 Å². The number of hydrazine groups is 1. The number of hydrogen-bond donors (Lipinski definition) is 3. The van der Waals surface area contributed by atoms with Crippen LogP contribution < -0.4 is 11.3 Å². The van der Waals surface area contributed by atoms with Gasteiger partial charge >= 0.3 is 0 Å². The van der Waals surface area contributed by atoms with Crippen molar-refractivity contribution in [1.29, 1.82) is 0 Å². The van der Waals surface area contributed by atoms with Gasteiger partial charge in [0.15, 0.2) is 0 Å². The third-order valence-electron chi connectivity index (χ3n) is 4.48. The van der Waals surface area contributed by atoms with Gasteiger partial charge in [-0.15, -0.1) is 0 Å². The fourth-order valence-electron chi connectivity index (χ4n) is 3.14. The lowest BCUT2D eigenvalue weighted by atomic mass is 10.1. The van der Waals surface area contributed by atoms with Crippen molar-refractivity contribution in [3.63, 3.8) is 0 Å². The van der Waals surface area contributed by atoms with Crippen LogP contribution in [0.25, 0.3) is 22.2 Å². The molecule has 3 aromatic carbocycles. The van der Waals surface area contributed by atoms with E-state index in [0.717, 1.165) is 27.7 Å². The largest absolute Gasteiger partial charge is 0.354 e. The molecule has 0 saturated heterocycles. The van der Waals surface area contributed by atoms with E-state index in [1.165, 1.54) is 0 Å². The summed E-state index contributed by atoms with van der Waals surface area (Å²) in [6.07, 6.45) is 1.75. The summed E-state index contributed by atoms with van der Waals surface area (Å²) >= 11 is 6.22. The number of hydrogen-bond acceptors (Lipinski definition) is 3. The van der Waals surface area contributed by atoms with Crippen molar-refractivity contribution in [2.45, 2.75) is 0 Å². The molecule has 0 fully saturated rings. The molecule has 0 aliphatic carbocycles. The quantitative estimate of drug-likeness (QED) is 0.202. The maximum atomic E-state index is 12.0. The molecule has 4 rings (SSSR count). The van der Waals surface area contributed by atoms with Crippen LogP contribution >= 0.6 is 11.6 Å². The van der Waals surface area contributed by atoms with E-state index in [0.29, 0.717) is 16.3 Å². The molecule has 1 amide bonds. The molecule has 0 radical (unpaired) electrons. The van der Waals surface area contributed by atoms with Crippen molar-refractivity contribution in [1.82, 2.24) is 10.4 Å². The fourth-order valence-corrected chi connectivity index (χ4v) is 3.31. The Labute approximate surface area is 166 Å². The van der Waals surface area contributed by atoms with E-state index in [1.807, 2.05) is 54.6 Å². The zero-order chi connectivity index (χ0) is 19.5. The summed E-state index contributed by atoms with van der Waals surface area (Å²) in [5.74, 6) is 4.89. The summed E-state index contributed by atoms with van der Waals surface area (Å²) in [5.41, 5.74) is 6.90. The molecule has 0 saturated carbocycles. The van der Waals surface area contributed by atoms with Crippen LogP contribution in [0.2, 0.25) is 5.02 Å². The van der Waals surface area contributed by atoms with E-state index < -0.39 is 5.91 Å². The molecule has 0 bridgehead atoms. The first-order valence-electron chi connectivity index (χ1n) is 8.68. The molecule has 0 unspecified atom stereocenters. The minimum atomic E-state index is -0.391. The van der Waals surface area contributed by atoms with Crippen molar-refractivity contribution in [3.05, 3.63) is 88.9 Å². The number of fused-ring (bicyclic) bond motifs is 1. The Morgan fingerprint density at radius 3 is 2.57 bits per heavy atom. The number of halogens is 1. The van der Waals surface area contributed by atoms with E-state index in [9.17, 15) is 4.79 Å². The predicted octanol–water partition coefficient (Wildman–Crippen LogP) is 4.84. The van der Waals surface area contributed by atoms with Gasteiger partial charge in [-0.05, 0) is 35.9 Å². The van der Waals surface area contributed by atoms with Gasteiger partial charge < -0.3 is 4.98 Å². The number of amides is 1. The highest BCUT2D eigenvalue weighted by atomic mass is 35.5. The van der Waals surface area contributed by atoms with Crippen LogP contribution in [0.4, 0.5) is 5.69 Å². The van der Waals surface area contributed by atoms with Crippen LogP contribution in [0.1, 0.15) is 15.9 Å². The molecule has 1 heterocycles. The van der Waals surface area contributed by atoms with E-state index in [-0.39, 0.29) is 0 Å². The van der Waals surface area contributed by atoms with Crippen LogP contribution in [0.5, 0.6) is 0 Å². The number of aromatic nitrogens is 1. The lowest BCUT2D eigenvalue weighted by molar-refractivity contribution is 0.0954. The molecule has 4 aromatic rings. The molecule has 6 heteroatoms. The van der Waals surface area contributed by atoms with Gasteiger partial charge in [-0.3, -0.25) is 15.2 Å². The second-order valence-electron chi connectivity index (χ2n) is 6.22. The van der Waals surface area contributed by atoms with E-state index in [2.05, 4.69) is 15.4 Å². The summed E-state index contributed by atoms with van der Waals surface area (Å²) in [5, 5.41) is 1.60. The van der Waals surface area contributed by atoms with Crippen LogP contribution in [-0.2, 0) is 0 Å². The van der Waals surface area contributed by atoms with Crippen molar-refractivity contribution in [2.75, 3.05) is 0 Å². The van der Waals surface area contributed by atoms with Gasteiger partial charge in [0.1, 0.15) is 0 Å². The van der Waals surface area contributed by atoms with Crippen LogP contribution in [0.3, 0.4) is 0 Å². The molecular formula is C22H17ClN4O. The molecule has 138 valence electrons. The highest BCUT2D eigenvalue weighted by molar-refractivity contribution is 6.31. The number of carbonyl (C=O) groups is 1. The number of rotatable bonds is 4. The SMILES string of the molecule is NNC(=O)c1ccccc1N=Cc1c(-c2ccccc2)[nH]c2ccc(Cl)cc12. The molecule has 5 nitrogen and oxygen atoms in total. The van der Waals surface area contributed by atoms with E-state index in [4.69, 9.17) is 17.4 Å². The lowest BCUT2D eigenvalue weighted by Crippen LogP contribution is -2.29. The average Bonchev–Trinajstić information content (AvgIpc) is 3.10. The van der Waals surface area contributed by atoms with Crippen LogP contribution in [-0.4, -0.2) is 17.1 Å². The van der Waals surface area contributed by atoms with E-state index in [1.54, 1.807) is 24.4 Å². The minimum Gasteiger partial charge on any atom is -0.354 e. The first kappa shape index (κ1) is 18.0. The Kier molecular flexibility index (Phi) is 4.93. The highest BCUT2D eigenvalue weighted by Crippen LogP contribution is 2.31. The number of H-pyrrole nitrogens is 1. The first-order chi connectivity index (χ1) is 13.7. The van der Waals surface area contributed by atoms with Gasteiger partial charge in [0.05, 0.1) is 16.9 Å². The molecule has 0 spiro atoms. The van der Waals surface area contributed by atoms with Crippen LogP contribution in [0, 0.1) is 0 Å². The molecule has 0 aliphatic heterocycles. The van der Waals surface area contributed by atoms with Crippen molar-refractivity contribution >= 4 is 40.3 Å². The average molecular weight is 389 g/mol. The standard InChI is InChI=1S/C22H17ClN4O/c23-15-10-11-20-17(12-15)18(21(26-20)14-6-2-1-3-7-14)13-25-19-9-5-4-8-16(19)22(28)27-24/h1-13,26H,24H2,(H,27,28). The fraction of sp³-hybridized carbons (Fsp3) is 0. The lowest BCUT2D eigenvalue weighted by Gasteiger charge is -2.04. The second-order valence-corrected chi connectivity index (χ2v) is 6.65. The van der Waals surface area contributed by atoms with Crippen LogP contribution in [0.15, 0.2) is 77.8 Å². The Bertz CT molecular complexity index is 1180. The van der Waals surface area contributed by atoms with Gasteiger partial charge in [-0.1, -0.05) is 54.1 Å². The third kappa shape index (κ3) is 3.41. The van der Waals surface area contributed by atoms with Gasteiger partial charge in [-0.25, -0.2) is 5.84 Å². The number of benzene rings is 3. The topological polar surface area (TPSA) is 83.3 Å². The number of aromatic amines is 1. The maximum Gasteiger partial charge on any atom is 0.267 e. The number of nitrogen functional groups attached to an aromatic ring is 1. The molecular weight excluding hydrogens is 372 g/mol. The Morgan fingerprint density at radius 2 is 1.79 bits per heavy atom. The van der Waals surface area contributed by atoms with E-state index >= 15 is 0 Å². The summed E-state index contributed by atoms with van der Waals surface area (Å²) in [6, 6.07) is 22.7. The highest BCUT2D eigenvalue weighted by Gasteiger charge is 2.13. The number of carbonyl (C=O) groups excluding carboxylic acids is 1. The first-order valence-corrected chi connectivity index (χ1v) is 9.06. The van der Waals surface area contributed by atoms with Gasteiger partial charge in [0.2, 0.25) is 0 Å². The Hall–Kier alpha value is -3.41. The number of aliphatic imine (C=N–C) groups is 1. The monoisotopic (exact) mass is 388 g/mol. The molecule has 0 aliphatic rings. The Balaban J connectivity index is 1.88. The Morgan fingerprint density at radius 1 is 1.04 bits per heavy atom. The minimum absolute atomic E-state index is 0.391. The molecule has 4 N–H and O–H groups in total. The molecule has 28 heavy (non-hydrogen) atoms. The normalized spacial score (nSPS) is 11.2. The zero-order valence-electron chi connectivity index (χ0n) is 14.8. The number of nitrogens with zero attached hydrogens (tertiary/aromatic N) is 1. The van der Waals surface area contributed by atoms with Crippen molar-refractivity contribution < 1.29 is 4.79 Å². The summed E-state index contributed by atoms with van der Waals surface area (Å²) < 4.78 is 0. The second kappa shape index (κ2) is 7.68. The molecule has 1 aromatic heterocycles. The smallest absolute Gasteiger partial charge is 0.267 e. The van der Waals surface area contributed by atoms with Gasteiger partial charge in [0.25, 0.3) is 5.91 Å². The van der Waals surface area contributed by atoms with Gasteiger partial charge in [0, 0.05) is 27.7 Å². The summed E-state index contributed by atoms with van der Waals surface area (Å²) in [7, 11) is 0. The summed E-state index contributed by atoms with van der Waals surface area (Å²) in [4.78, 5) is 20.0. The number of nitrogens with one attached hydrogen (secondary N) is 2. The maximum absolute atomic E-state index is 12.0. The number of para-hydroxylation sites is 1. The van der Waals surface area contributed by atoms with Crippen molar-refractivity contribution in [2.24, 2.45) is 10.8 Å². The zero-order valence-corrected chi connectivity index (χ0v) is 15.6. The number of nitrogens with two attached hydrogens (primary N) is 1.